The smallest absolute Gasteiger partial charge is 0.333 e. The summed E-state index contributed by atoms with van der Waals surface area (Å²) < 4.78 is 17.0. The lowest BCUT2D eigenvalue weighted by molar-refractivity contribution is -0.275. The highest BCUT2D eigenvalue weighted by Gasteiger charge is 2.38. The summed E-state index contributed by atoms with van der Waals surface area (Å²) >= 11 is 0. The number of esters is 1. The molecule has 5 unspecified atom stereocenters. The molecule has 1 heterocycles. The molecule has 0 bridgehead atoms. The van der Waals surface area contributed by atoms with Crippen molar-refractivity contribution >= 4 is 11.9 Å². The minimum atomic E-state index is -0.858. The Bertz CT molecular complexity index is 503. The number of carboxylic acids is 1. The fourth-order valence-corrected chi connectivity index (χ4v) is 2.90. The van der Waals surface area contributed by atoms with Crippen LogP contribution in [0.1, 0.15) is 72.6 Å². The molecule has 5 atom stereocenters. The molecule has 0 aromatic rings. The third-order valence-electron chi connectivity index (χ3n) is 4.79. The van der Waals surface area contributed by atoms with Crippen molar-refractivity contribution in [1.82, 2.24) is 0 Å². The maximum absolute atomic E-state index is 11.9. The lowest BCUT2D eigenvalue weighted by Gasteiger charge is -2.38. The highest BCUT2D eigenvalue weighted by atomic mass is 16.7. The summed E-state index contributed by atoms with van der Waals surface area (Å²) in [4.78, 5) is 22.4. The summed E-state index contributed by atoms with van der Waals surface area (Å²) in [5, 5.41) is 18.9. The first-order valence-corrected chi connectivity index (χ1v) is 9.79. The molecule has 0 aromatic carbocycles. The van der Waals surface area contributed by atoms with E-state index in [2.05, 4.69) is 0 Å². The first-order chi connectivity index (χ1) is 12.7. The largest absolute Gasteiger partial charge is 0.481 e. The van der Waals surface area contributed by atoms with Gasteiger partial charge in [0.05, 0.1) is 12.2 Å². The first kappa shape index (κ1) is 23.6. The van der Waals surface area contributed by atoms with Crippen molar-refractivity contribution in [3.05, 3.63) is 11.6 Å². The van der Waals surface area contributed by atoms with Crippen molar-refractivity contribution < 1.29 is 34.0 Å². The van der Waals surface area contributed by atoms with Gasteiger partial charge in [0.25, 0.3) is 0 Å². The quantitative estimate of drug-likeness (QED) is 0.319. The Balaban J connectivity index is 2.32. The molecule has 1 aliphatic rings. The van der Waals surface area contributed by atoms with Gasteiger partial charge in [0, 0.05) is 18.4 Å². The van der Waals surface area contributed by atoms with Crippen LogP contribution in [0.3, 0.4) is 0 Å². The van der Waals surface area contributed by atoms with E-state index in [0.29, 0.717) is 12.0 Å². The summed E-state index contributed by atoms with van der Waals surface area (Å²) in [6, 6.07) is 0. The molecule has 1 aliphatic heterocycles. The molecule has 7 heteroatoms. The van der Waals surface area contributed by atoms with Gasteiger partial charge in [-0.3, -0.25) is 4.79 Å². The van der Waals surface area contributed by atoms with E-state index in [9.17, 15) is 14.7 Å². The molecule has 1 saturated heterocycles. The third kappa shape index (κ3) is 8.86. The number of aliphatic hydroxyl groups is 1. The SMILES string of the molecule is C/C=C(\C)C(=O)OC1CC(O)C(OC(C)CCCCCCC(=O)O)OC1C. The number of aliphatic carboxylic acids is 1. The Kier molecular flexibility index (Phi) is 10.6. The monoisotopic (exact) mass is 386 g/mol. The molecule has 0 amide bonds. The number of ether oxygens (including phenoxy) is 3. The van der Waals surface area contributed by atoms with E-state index in [0.717, 1.165) is 25.7 Å². The van der Waals surface area contributed by atoms with Crippen LogP contribution in [0.2, 0.25) is 0 Å². The summed E-state index contributed by atoms with van der Waals surface area (Å²) in [6.07, 6.45) is 3.90. The number of unbranched alkanes of at least 4 members (excludes halogenated alkanes) is 3. The van der Waals surface area contributed by atoms with Crippen molar-refractivity contribution in [1.29, 1.82) is 0 Å². The maximum atomic E-state index is 11.9. The topological polar surface area (TPSA) is 102 Å². The Hall–Kier alpha value is -1.44. The van der Waals surface area contributed by atoms with Gasteiger partial charge in [0.1, 0.15) is 12.2 Å². The number of carbonyl (C=O) groups is 2. The van der Waals surface area contributed by atoms with Crippen LogP contribution in [0.25, 0.3) is 0 Å². The fourth-order valence-electron chi connectivity index (χ4n) is 2.90. The van der Waals surface area contributed by atoms with Crippen LogP contribution in [0.15, 0.2) is 11.6 Å². The van der Waals surface area contributed by atoms with Gasteiger partial charge in [0.2, 0.25) is 0 Å². The molecule has 1 rings (SSSR count). The number of aliphatic hydroxyl groups excluding tert-OH is 1. The average molecular weight is 386 g/mol. The van der Waals surface area contributed by atoms with Gasteiger partial charge in [-0.05, 0) is 40.5 Å². The van der Waals surface area contributed by atoms with Gasteiger partial charge in [-0.15, -0.1) is 0 Å². The van der Waals surface area contributed by atoms with E-state index in [1.165, 1.54) is 0 Å². The molecule has 2 N–H and O–H groups in total. The molecular weight excluding hydrogens is 352 g/mol. The highest BCUT2D eigenvalue weighted by molar-refractivity contribution is 5.87. The van der Waals surface area contributed by atoms with Crippen LogP contribution < -0.4 is 0 Å². The number of rotatable bonds is 11. The van der Waals surface area contributed by atoms with E-state index in [-0.39, 0.29) is 25.0 Å². The minimum absolute atomic E-state index is 0.0827. The van der Waals surface area contributed by atoms with Gasteiger partial charge in [-0.1, -0.05) is 25.3 Å². The Labute approximate surface area is 161 Å². The Morgan fingerprint density at radius 1 is 1.26 bits per heavy atom. The van der Waals surface area contributed by atoms with Crippen LogP contribution in [-0.4, -0.2) is 52.9 Å². The lowest BCUT2D eigenvalue weighted by Crippen LogP contribution is -2.49. The zero-order valence-electron chi connectivity index (χ0n) is 16.8. The van der Waals surface area contributed by atoms with E-state index in [1.54, 1.807) is 26.8 Å². The first-order valence-electron chi connectivity index (χ1n) is 9.79. The molecule has 0 saturated carbocycles. The van der Waals surface area contributed by atoms with E-state index in [4.69, 9.17) is 19.3 Å². The average Bonchev–Trinajstić information content (AvgIpc) is 2.61. The summed E-state index contributed by atoms with van der Waals surface area (Å²) in [5.41, 5.74) is 0.520. The van der Waals surface area contributed by atoms with Crippen LogP contribution in [0.4, 0.5) is 0 Å². The van der Waals surface area contributed by atoms with Crippen molar-refractivity contribution in [2.24, 2.45) is 0 Å². The molecule has 0 aliphatic carbocycles. The molecule has 1 fully saturated rings. The number of hydrogen-bond donors (Lipinski definition) is 2. The van der Waals surface area contributed by atoms with Crippen LogP contribution in [-0.2, 0) is 23.8 Å². The fraction of sp³-hybridized carbons (Fsp3) is 0.800. The number of allylic oxidation sites excluding steroid dienone is 1. The molecular formula is C20H34O7. The molecule has 0 radical (unpaired) electrons. The number of hydrogen-bond acceptors (Lipinski definition) is 6. The van der Waals surface area contributed by atoms with Gasteiger partial charge in [-0.25, -0.2) is 4.79 Å². The maximum Gasteiger partial charge on any atom is 0.333 e. The standard InChI is InChI=1S/C20H34O7/c1-5-13(2)19(24)27-17-12-16(21)20(26-15(17)4)25-14(3)10-8-6-7-9-11-18(22)23/h5,14-17,20-21H,6-12H2,1-4H3,(H,22,23)/b13-5+. The minimum Gasteiger partial charge on any atom is -0.481 e. The summed E-state index contributed by atoms with van der Waals surface area (Å²) in [5.74, 6) is -1.16. The number of carbonyl (C=O) groups excluding carboxylic acids is 1. The third-order valence-corrected chi connectivity index (χ3v) is 4.79. The van der Waals surface area contributed by atoms with E-state index < -0.39 is 30.4 Å². The predicted octanol–water partition coefficient (Wildman–Crippen LogP) is 3.19. The van der Waals surface area contributed by atoms with Crippen LogP contribution >= 0.6 is 0 Å². The van der Waals surface area contributed by atoms with Crippen molar-refractivity contribution in [3.63, 3.8) is 0 Å². The molecule has 27 heavy (non-hydrogen) atoms. The van der Waals surface area contributed by atoms with Crippen LogP contribution in [0, 0.1) is 0 Å². The highest BCUT2D eigenvalue weighted by Crippen LogP contribution is 2.26. The van der Waals surface area contributed by atoms with Gasteiger partial charge < -0.3 is 24.4 Å². The lowest BCUT2D eigenvalue weighted by atomic mass is 10.0. The van der Waals surface area contributed by atoms with Gasteiger partial charge in [-0.2, -0.15) is 0 Å². The van der Waals surface area contributed by atoms with Crippen molar-refractivity contribution in [3.8, 4) is 0 Å². The van der Waals surface area contributed by atoms with Crippen molar-refractivity contribution in [2.75, 3.05) is 0 Å². The predicted molar refractivity (Wildman–Crippen MR) is 100 cm³/mol. The molecule has 0 spiro atoms. The molecule has 156 valence electrons. The summed E-state index contributed by atoms with van der Waals surface area (Å²) in [6.45, 7) is 7.18. The van der Waals surface area contributed by atoms with Gasteiger partial charge in [0.15, 0.2) is 6.29 Å². The zero-order valence-corrected chi connectivity index (χ0v) is 16.8. The van der Waals surface area contributed by atoms with Crippen molar-refractivity contribution in [2.45, 2.75) is 103 Å². The normalized spacial score (nSPS) is 27.2. The van der Waals surface area contributed by atoms with Gasteiger partial charge >= 0.3 is 11.9 Å². The van der Waals surface area contributed by atoms with E-state index >= 15 is 0 Å². The second-order valence-corrected chi connectivity index (χ2v) is 7.22. The molecule has 0 aromatic heterocycles. The Morgan fingerprint density at radius 3 is 2.56 bits per heavy atom. The van der Waals surface area contributed by atoms with E-state index in [1.807, 2.05) is 6.92 Å². The molecule has 7 nitrogen and oxygen atoms in total. The number of carboxylic acid groups (broad SMARTS) is 1. The summed E-state index contributed by atoms with van der Waals surface area (Å²) in [7, 11) is 0. The second kappa shape index (κ2) is 12.1. The van der Waals surface area contributed by atoms with Crippen LogP contribution in [0.5, 0.6) is 0 Å². The zero-order chi connectivity index (χ0) is 20.4. The Morgan fingerprint density at radius 2 is 1.93 bits per heavy atom. The second-order valence-electron chi connectivity index (χ2n) is 7.22.